The van der Waals surface area contributed by atoms with Crippen molar-refractivity contribution in [3.63, 3.8) is 0 Å². The molecule has 0 saturated heterocycles. The van der Waals surface area contributed by atoms with Crippen LogP contribution in [0.5, 0.6) is 0 Å². The Morgan fingerprint density at radius 1 is 1.07 bits per heavy atom. The van der Waals surface area contributed by atoms with Crippen LogP contribution in [-0.2, 0) is 16.1 Å². The number of hydrogen-bond donors (Lipinski definition) is 0. The molecule has 0 aliphatic carbocycles. The maximum Gasteiger partial charge on any atom is 0.297 e. The van der Waals surface area contributed by atoms with E-state index in [0.29, 0.717) is 31.4 Å². The monoisotopic (exact) mass is 646 g/mol. The number of carbonyl (C=O) groups excluding carboxylic acids is 2. The van der Waals surface area contributed by atoms with Crippen LogP contribution in [0.2, 0.25) is 10.0 Å². The zero-order valence-corrected chi connectivity index (χ0v) is 25.6. The second kappa shape index (κ2) is 10.3. The molecule has 0 fully saturated rings. The molecule has 214 valence electrons. The van der Waals surface area contributed by atoms with Crippen molar-refractivity contribution < 1.29 is 14.0 Å². The summed E-state index contributed by atoms with van der Waals surface area (Å²) in [6, 6.07) is 17.5. The number of thioether (sulfide) groups is 1. The van der Waals surface area contributed by atoms with Gasteiger partial charge >= 0.3 is 0 Å². The van der Waals surface area contributed by atoms with Crippen LogP contribution >= 0.6 is 46.3 Å². The first kappa shape index (κ1) is 27.8. The van der Waals surface area contributed by atoms with Crippen LogP contribution in [0.25, 0.3) is 11.0 Å². The maximum atomic E-state index is 14.6. The first-order valence-corrected chi connectivity index (χ1v) is 15.7. The van der Waals surface area contributed by atoms with Crippen molar-refractivity contribution in [2.45, 2.75) is 22.6 Å². The number of nitrogens with zero attached hydrogens (tertiary/aromatic N) is 4. The molecule has 0 saturated carbocycles. The van der Waals surface area contributed by atoms with Crippen LogP contribution < -0.4 is 15.2 Å². The van der Waals surface area contributed by atoms with E-state index in [2.05, 4.69) is 16.8 Å². The Morgan fingerprint density at radius 2 is 1.88 bits per heavy atom. The largest absolute Gasteiger partial charge is 0.450 e. The van der Waals surface area contributed by atoms with Gasteiger partial charge in [-0.2, -0.15) is 0 Å². The summed E-state index contributed by atoms with van der Waals surface area (Å²) in [6.07, 6.45) is 1.60. The molecule has 2 aliphatic rings. The molecule has 2 aliphatic heterocycles. The number of para-hydroxylation sites is 1. The number of amides is 2. The Labute approximate surface area is 263 Å². The molecule has 2 aromatic heterocycles. The Hall–Kier alpha value is -3.96. The number of carbonyl (C=O) groups is 2. The van der Waals surface area contributed by atoms with Crippen molar-refractivity contribution in [2.75, 3.05) is 16.3 Å². The van der Waals surface area contributed by atoms with Crippen molar-refractivity contribution in [3.8, 4) is 0 Å². The zero-order valence-electron chi connectivity index (χ0n) is 22.5. The molecule has 4 heterocycles. The third-order valence-corrected chi connectivity index (χ3v) is 10.2. The van der Waals surface area contributed by atoms with Crippen LogP contribution in [0.3, 0.4) is 0 Å². The van der Waals surface area contributed by atoms with Crippen LogP contribution in [0.1, 0.15) is 32.8 Å². The van der Waals surface area contributed by atoms with Gasteiger partial charge in [0.05, 0.1) is 16.6 Å². The van der Waals surface area contributed by atoms with E-state index in [9.17, 15) is 14.4 Å². The van der Waals surface area contributed by atoms with Gasteiger partial charge < -0.3 is 9.32 Å². The standard InChI is InChI=1S/C31H20Cl2N4O4S2/c1-3-12-36-22-7-5-4-6-20(22)31(28(36)40)24-25(38)19-13-16(2)8-11-23(19)41-26(24)27(39)37(31)29-34-35-30(43-29)42-15-17-9-10-18(32)14-21(17)33/h3-11,13-14H,1,12,15H2,2H3. The fraction of sp³-hybridized carbons (Fsp3) is 0.129. The minimum atomic E-state index is -1.84. The number of hydrogen-bond acceptors (Lipinski definition) is 8. The maximum absolute atomic E-state index is 14.6. The van der Waals surface area contributed by atoms with Crippen molar-refractivity contribution in [3.05, 3.63) is 122 Å². The van der Waals surface area contributed by atoms with E-state index in [1.807, 2.05) is 13.0 Å². The van der Waals surface area contributed by atoms with Gasteiger partial charge in [0.2, 0.25) is 10.9 Å². The first-order valence-electron chi connectivity index (χ1n) is 13.1. The highest BCUT2D eigenvalue weighted by atomic mass is 35.5. The molecule has 3 aromatic carbocycles. The summed E-state index contributed by atoms with van der Waals surface area (Å²) in [5.41, 5.74) is 0.677. The van der Waals surface area contributed by atoms with Gasteiger partial charge in [-0.05, 0) is 42.8 Å². The molecule has 0 bridgehead atoms. The lowest BCUT2D eigenvalue weighted by Gasteiger charge is -2.31. The third-order valence-electron chi connectivity index (χ3n) is 7.54. The van der Waals surface area contributed by atoms with Gasteiger partial charge in [-0.25, -0.2) is 0 Å². The SMILES string of the molecule is C=CCN1C(=O)C2(c3ccccc31)c1c(oc3ccc(C)cc3c1=O)C(=O)N2c1nnc(SCc2ccc(Cl)cc2Cl)s1. The Bertz CT molecular complexity index is 2080. The zero-order chi connectivity index (χ0) is 30.0. The highest BCUT2D eigenvalue weighted by molar-refractivity contribution is 8.00. The van der Waals surface area contributed by atoms with Gasteiger partial charge in [0.15, 0.2) is 15.3 Å². The highest BCUT2D eigenvalue weighted by Crippen LogP contribution is 2.54. The van der Waals surface area contributed by atoms with Crippen molar-refractivity contribution in [1.29, 1.82) is 0 Å². The number of benzene rings is 3. The van der Waals surface area contributed by atoms with Crippen molar-refractivity contribution in [2.24, 2.45) is 0 Å². The molecule has 5 aromatic rings. The number of halogens is 2. The summed E-state index contributed by atoms with van der Waals surface area (Å²) >= 11 is 14.9. The number of aromatic nitrogens is 2. The van der Waals surface area contributed by atoms with Gasteiger partial charge in [-0.15, -0.1) is 16.8 Å². The first-order chi connectivity index (χ1) is 20.7. The van der Waals surface area contributed by atoms with Crippen LogP contribution in [0.15, 0.2) is 86.9 Å². The molecular weight excluding hydrogens is 627 g/mol. The van der Waals surface area contributed by atoms with Gasteiger partial charge in [0.25, 0.3) is 11.8 Å². The smallest absolute Gasteiger partial charge is 0.297 e. The Morgan fingerprint density at radius 3 is 2.67 bits per heavy atom. The summed E-state index contributed by atoms with van der Waals surface area (Å²) in [6.45, 7) is 5.85. The third kappa shape index (κ3) is 4.08. The number of anilines is 2. The number of fused-ring (bicyclic) bond motifs is 5. The van der Waals surface area contributed by atoms with Crippen molar-refractivity contribution in [1.82, 2.24) is 10.2 Å². The molecule has 0 radical (unpaired) electrons. The fourth-order valence-corrected chi connectivity index (χ4v) is 8.17. The predicted octanol–water partition coefficient (Wildman–Crippen LogP) is 6.99. The van der Waals surface area contributed by atoms with Gasteiger partial charge in [-0.3, -0.25) is 19.3 Å². The Kier molecular flexibility index (Phi) is 6.70. The van der Waals surface area contributed by atoms with E-state index in [1.54, 1.807) is 60.7 Å². The van der Waals surface area contributed by atoms with Gasteiger partial charge in [0, 0.05) is 27.9 Å². The van der Waals surface area contributed by atoms with E-state index in [1.165, 1.54) is 21.6 Å². The average Bonchev–Trinajstić information content (AvgIpc) is 3.62. The molecule has 8 nitrogen and oxygen atoms in total. The predicted molar refractivity (Wildman–Crippen MR) is 170 cm³/mol. The molecule has 1 unspecified atom stereocenters. The molecule has 1 spiro atoms. The minimum Gasteiger partial charge on any atom is -0.450 e. The summed E-state index contributed by atoms with van der Waals surface area (Å²) in [5, 5.41) is 10.2. The normalized spacial score (nSPS) is 17.3. The van der Waals surface area contributed by atoms with E-state index >= 15 is 0 Å². The van der Waals surface area contributed by atoms with E-state index in [-0.39, 0.29) is 34.0 Å². The summed E-state index contributed by atoms with van der Waals surface area (Å²) in [5.74, 6) is -0.838. The fourth-order valence-electron chi connectivity index (χ4n) is 5.72. The molecule has 12 heteroatoms. The van der Waals surface area contributed by atoms with Crippen LogP contribution in [-0.4, -0.2) is 28.6 Å². The molecule has 7 rings (SSSR count). The van der Waals surface area contributed by atoms with Crippen molar-refractivity contribution >= 4 is 79.9 Å². The van der Waals surface area contributed by atoms with E-state index in [0.717, 1.165) is 22.5 Å². The molecule has 2 amide bonds. The second-order valence-electron chi connectivity index (χ2n) is 10.1. The van der Waals surface area contributed by atoms with E-state index < -0.39 is 22.8 Å². The minimum absolute atomic E-state index is 0.0306. The van der Waals surface area contributed by atoms with E-state index in [4.69, 9.17) is 27.6 Å². The lowest BCUT2D eigenvalue weighted by Crippen LogP contribution is -2.53. The second-order valence-corrected chi connectivity index (χ2v) is 13.1. The van der Waals surface area contributed by atoms with Gasteiger partial charge in [-0.1, -0.05) is 88.3 Å². The summed E-state index contributed by atoms with van der Waals surface area (Å²) in [7, 11) is 0. The molecule has 43 heavy (non-hydrogen) atoms. The lowest BCUT2D eigenvalue weighted by molar-refractivity contribution is -0.121. The summed E-state index contributed by atoms with van der Waals surface area (Å²) in [4.78, 5) is 46.1. The molecule has 0 N–H and O–H groups in total. The van der Waals surface area contributed by atoms with Crippen LogP contribution in [0.4, 0.5) is 10.8 Å². The summed E-state index contributed by atoms with van der Waals surface area (Å²) < 4.78 is 6.67. The Balaban J connectivity index is 1.42. The highest BCUT2D eigenvalue weighted by Gasteiger charge is 2.66. The molecule has 1 atom stereocenters. The quantitative estimate of drug-likeness (QED) is 0.111. The van der Waals surface area contributed by atoms with Crippen LogP contribution in [0, 0.1) is 6.92 Å². The topological polar surface area (TPSA) is 96.6 Å². The lowest BCUT2D eigenvalue weighted by atomic mass is 9.84. The number of rotatable bonds is 6. The molecular formula is C31H20Cl2N4O4S2. The van der Waals surface area contributed by atoms with Gasteiger partial charge in [0.1, 0.15) is 5.58 Å². The number of aryl methyl sites for hydroxylation is 1. The average molecular weight is 648 g/mol.